The van der Waals surface area contributed by atoms with Gasteiger partial charge >= 0.3 is 0 Å². The standard InChI is InChI=1S/C7H14F3NS/c1-3-11(12(8,9)10)5-7-4-6(7)2/h6-7H,3-5H2,1-2H3. The highest BCUT2D eigenvalue weighted by Gasteiger charge is 2.39. The average Bonchev–Trinajstić information content (AvgIpc) is 2.59. The summed E-state index contributed by atoms with van der Waals surface area (Å²) in [5.74, 6) is 0.792. The molecule has 74 valence electrons. The number of halogens is 3. The van der Waals surface area contributed by atoms with Crippen molar-refractivity contribution in [2.24, 2.45) is 11.8 Å². The molecule has 0 aromatic carbocycles. The zero-order valence-corrected chi connectivity index (χ0v) is 8.08. The Bertz CT molecular complexity index is 159. The van der Waals surface area contributed by atoms with E-state index in [1.165, 1.54) is 0 Å². The normalized spacial score (nSPS) is 30.8. The smallest absolute Gasteiger partial charge is 0.193 e. The van der Waals surface area contributed by atoms with Crippen molar-refractivity contribution in [2.45, 2.75) is 20.3 Å². The molecule has 1 rings (SSSR count). The summed E-state index contributed by atoms with van der Waals surface area (Å²) >= 11 is -4.96. The molecule has 1 aliphatic rings. The molecule has 0 aromatic heterocycles. The highest BCUT2D eigenvalue weighted by Crippen LogP contribution is 2.57. The van der Waals surface area contributed by atoms with Crippen LogP contribution in [0.4, 0.5) is 11.7 Å². The Morgan fingerprint density at radius 2 is 1.92 bits per heavy atom. The Morgan fingerprint density at radius 3 is 2.17 bits per heavy atom. The first-order chi connectivity index (χ1) is 5.45. The predicted octanol–water partition coefficient (Wildman–Crippen LogP) is 3.34. The van der Waals surface area contributed by atoms with Gasteiger partial charge in [0.25, 0.3) is 11.4 Å². The molecule has 2 atom stereocenters. The molecular formula is C7H14F3NS. The summed E-state index contributed by atoms with van der Waals surface area (Å²) in [5.41, 5.74) is 0. The molecule has 0 amide bonds. The maximum atomic E-state index is 12.2. The van der Waals surface area contributed by atoms with Gasteiger partial charge in [0.2, 0.25) is 0 Å². The van der Waals surface area contributed by atoms with Crippen molar-refractivity contribution in [2.75, 3.05) is 13.1 Å². The molecule has 0 bridgehead atoms. The highest BCUT2D eigenvalue weighted by atomic mass is 32.3. The summed E-state index contributed by atoms with van der Waals surface area (Å²) in [6.45, 7) is 3.89. The topological polar surface area (TPSA) is 3.24 Å². The quantitative estimate of drug-likeness (QED) is 0.674. The van der Waals surface area contributed by atoms with E-state index in [1.807, 2.05) is 6.92 Å². The van der Waals surface area contributed by atoms with Gasteiger partial charge in [-0.25, -0.2) is 0 Å². The van der Waals surface area contributed by atoms with E-state index >= 15 is 0 Å². The molecule has 0 aromatic rings. The summed E-state index contributed by atoms with van der Waals surface area (Å²) in [6, 6.07) is 0. The van der Waals surface area contributed by atoms with Crippen LogP contribution in [0.15, 0.2) is 0 Å². The van der Waals surface area contributed by atoms with Crippen LogP contribution in [0.2, 0.25) is 0 Å². The molecular weight excluding hydrogens is 187 g/mol. The van der Waals surface area contributed by atoms with E-state index < -0.39 is 11.4 Å². The summed E-state index contributed by atoms with van der Waals surface area (Å²) in [4.78, 5) is 0. The molecule has 5 heteroatoms. The molecule has 1 aliphatic carbocycles. The second-order valence-corrected chi connectivity index (χ2v) is 4.62. The fraction of sp³-hybridized carbons (Fsp3) is 1.00. The van der Waals surface area contributed by atoms with Crippen molar-refractivity contribution in [1.82, 2.24) is 4.31 Å². The molecule has 0 N–H and O–H groups in total. The van der Waals surface area contributed by atoms with Gasteiger partial charge in [-0.05, 0) is 18.3 Å². The zero-order chi connectivity index (χ0) is 9.35. The molecule has 0 heterocycles. The summed E-state index contributed by atoms with van der Waals surface area (Å²) in [6.07, 6.45) is 0.964. The minimum atomic E-state index is -4.96. The van der Waals surface area contributed by atoms with E-state index in [4.69, 9.17) is 0 Å². The van der Waals surface area contributed by atoms with Gasteiger partial charge in [-0.1, -0.05) is 13.8 Å². The molecule has 0 saturated heterocycles. The first-order valence-electron chi connectivity index (χ1n) is 4.12. The molecule has 0 aliphatic heterocycles. The van der Waals surface area contributed by atoms with E-state index in [2.05, 4.69) is 0 Å². The van der Waals surface area contributed by atoms with Crippen LogP contribution in [0.1, 0.15) is 20.3 Å². The van der Waals surface area contributed by atoms with Crippen LogP contribution in [0.3, 0.4) is 0 Å². The van der Waals surface area contributed by atoms with E-state index in [1.54, 1.807) is 6.92 Å². The summed E-state index contributed by atoms with van der Waals surface area (Å²) < 4.78 is 37.4. The fourth-order valence-corrected chi connectivity index (χ4v) is 1.93. The van der Waals surface area contributed by atoms with Gasteiger partial charge < -0.3 is 0 Å². The number of hydrogen-bond donors (Lipinski definition) is 0. The van der Waals surface area contributed by atoms with Crippen LogP contribution in [-0.4, -0.2) is 17.4 Å². The van der Waals surface area contributed by atoms with Crippen LogP contribution >= 0.6 is 11.4 Å². The van der Waals surface area contributed by atoms with Crippen molar-refractivity contribution in [3.05, 3.63) is 0 Å². The Kier molecular flexibility index (Phi) is 2.93. The van der Waals surface area contributed by atoms with Crippen LogP contribution < -0.4 is 0 Å². The van der Waals surface area contributed by atoms with Crippen molar-refractivity contribution in [1.29, 1.82) is 0 Å². The van der Waals surface area contributed by atoms with Crippen LogP contribution in [-0.2, 0) is 0 Å². The summed E-state index contributed by atoms with van der Waals surface area (Å²) in [7, 11) is 0. The lowest BCUT2D eigenvalue weighted by Gasteiger charge is -2.25. The van der Waals surface area contributed by atoms with Crippen LogP contribution in [0, 0.1) is 11.8 Å². The lowest BCUT2D eigenvalue weighted by molar-refractivity contribution is 0.379. The van der Waals surface area contributed by atoms with Gasteiger partial charge in [-0.15, -0.1) is 11.7 Å². The third kappa shape index (κ3) is 2.55. The first-order valence-corrected chi connectivity index (χ1v) is 5.41. The Balaban J connectivity index is 2.36. The van der Waals surface area contributed by atoms with Gasteiger partial charge in [-0.2, -0.15) is 4.31 Å². The Hall–Kier alpha value is 0.100. The molecule has 1 saturated carbocycles. The lowest BCUT2D eigenvalue weighted by atomic mass is 10.3. The third-order valence-corrected chi connectivity index (χ3v) is 3.35. The third-order valence-electron chi connectivity index (χ3n) is 2.36. The minimum Gasteiger partial charge on any atom is -0.193 e. The monoisotopic (exact) mass is 201 g/mol. The average molecular weight is 201 g/mol. The number of rotatable bonds is 4. The van der Waals surface area contributed by atoms with Crippen molar-refractivity contribution in [3.63, 3.8) is 0 Å². The largest absolute Gasteiger partial charge is 0.278 e. The second kappa shape index (κ2) is 3.46. The van der Waals surface area contributed by atoms with Gasteiger partial charge in [0.15, 0.2) is 0 Å². The Labute approximate surface area is 73.3 Å². The van der Waals surface area contributed by atoms with Gasteiger partial charge in [0, 0.05) is 13.1 Å². The van der Waals surface area contributed by atoms with Gasteiger partial charge in [0.1, 0.15) is 0 Å². The van der Waals surface area contributed by atoms with Gasteiger partial charge in [0.05, 0.1) is 0 Å². The van der Waals surface area contributed by atoms with Crippen molar-refractivity contribution < 1.29 is 11.7 Å². The van der Waals surface area contributed by atoms with E-state index in [-0.39, 0.29) is 13.1 Å². The zero-order valence-electron chi connectivity index (χ0n) is 7.27. The number of hydrogen-bond acceptors (Lipinski definition) is 1. The fourth-order valence-electron chi connectivity index (χ4n) is 1.28. The maximum absolute atomic E-state index is 12.2. The molecule has 0 spiro atoms. The molecule has 2 unspecified atom stereocenters. The molecule has 1 nitrogen and oxygen atoms in total. The second-order valence-electron chi connectivity index (χ2n) is 3.34. The molecule has 1 fully saturated rings. The van der Waals surface area contributed by atoms with Crippen molar-refractivity contribution in [3.8, 4) is 0 Å². The van der Waals surface area contributed by atoms with Crippen LogP contribution in [0.25, 0.3) is 0 Å². The van der Waals surface area contributed by atoms with E-state index in [0.717, 1.165) is 6.42 Å². The molecule has 0 radical (unpaired) electrons. The first kappa shape index (κ1) is 10.2. The highest BCUT2D eigenvalue weighted by molar-refractivity contribution is 8.18. The number of nitrogens with zero attached hydrogens (tertiary/aromatic N) is 1. The van der Waals surface area contributed by atoms with Crippen molar-refractivity contribution >= 4 is 11.4 Å². The SMILES string of the molecule is CCN(CC1CC1C)S(F)(F)F. The Morgan fingerprint density at radius 1 is 1.42 bits per heavy atom. The molecule has 12 heavy (non-hydrogen) atoms. The summed E-state index contributed by atoms with van der Waals surface area (Å²) in [5, 5.41) is 0. The van der Waals surface area contributed by atoms with E-state index in [0.29, 0.717) is 16.1 Å². The van der Waals surface area contributed by atoms with E-state index in [9.17, 15) is 11.7 Å². The minimum absolute atomic E-state index is 0.0993. The van der Waals surface area contributed by atoms with Crippen LogP contribution in [0.5, 0.6) is 0 Å². The van der Waals surface area contributed by atoms with Gasteiger partial charge in [-0.3, -0.25) is 0 Å². The maximum Gasteiger partial charge on any atom is 0.278 e. The lowest BCUT2D eigenvalue weighted by Crippen LogP contribution is -2.23. The predicted molar refractivity (Wildman–Crippen MR) is 45.4 cm³/mol.